The Balaban J connectivity index is 2.22. The number of nitrogens with two attached hydrogens (primary N) is 1. The Bertz CT molecular complexity index is 651. The van der Waals surface area contributed by atoms with Crippen molar-refractivity contribution >= 4 is 17.5 Å². The second-order valence-corrected chi connectivity index (χ2v) is 4.52. The molecule has 4 N–H and O–H groups in total. The van der Waals surface area contributed by atoms with Crippen LogP contribution in [0.1, 0.15) is 33.2 Å². The number of hydrogen-bond acceptors (Lipinski definition) is 3. The Morgan fingerprint density at radius 2 is 1.52 bits per heavy atom. The third kappa shape index (κ3) is 3.46. The first kappa shape index (κ1) is 14.7. The summed E-state index contributed by atoms with van der Waals surface area (Å²) in [6.07, 6.45) is 0.938. The average Bonchev–Trinajstić information content (AvgIpc) is 2.54. The number of nitrogen functional groups attached to an aromatic ring is 1. The standard InChI is InChI=1S/C16H17N3O2/c1-2-11-7-9-12(10-8-11)18-15(20)13-5-3-4-6-14(13)16(21)19-17/h3-10H,2,17H2,1H3,(H,18,20)(H,19,21). The molecule has 0 saturated carbocycles. The quantitative estimate of drug-likeness (QED) is 0.456. The third-order valence-corrected chi connectivity index (χ3v) is 3.17. The zero-order valence-electron chi connectivity index (χ0n) is 11.7. The van der Waals surface area contributed by atoms with Crippen LogP contribution in [0.15, 0.2) is 48.5 Å². The molecule has 2 aromatic carbocycles. The molecule has 0 heterocycles. The molecule has 5 nitrogen and oxygen atoms in total. The summed E-state index contributed by atoms with van der Waals surface area (Å²) in [7, 11) is 0. The number of aryl methyl sites for hydroxylation is 1. The van der Waals surface area contributed by atoms with Crippen LogP contribution in [0, 0.1) is 0 Å². The van der Waals surface area contributed by atoms with Crippen LogP contribution in [0.2, 0.25) is 0 Å². The van der Waals surface area contributed by atoms with Gasteiger partial charge in [0.05, 0.1) is 11.1 Å². The molecule has 108 valence electrons. The summed E-state index contributed by atoms with van der Waals surface area (Å²) < 4.78 is 0. The molecular weight excluding hydrogens is 266 g/mol. The van der Waals surface area contributed by atoms with Crippen molar-refractivity contribution in [3.8, 4) is 0 Å². The van der Waals surface area contributed by atoms with Crippen molar-refractivity contribution in [3.63, 3.8) is 0 Å². The number of rotatable bonds is 4. The summed E-state index contributed by atoms with van der Waals surface area (Å²) in [5, 5.41) is 2.77. The average molecular weight is 283 g/mol. The Hall–Kier alpha value is -2.66. The molecule has 0 fully saturated rings. The van der Waals surface area contributed by atoms with E-state index in [1.165, 1.54) is 5.56 Å². The molecule has 2 rings (SSSR count). The molecule has 2 amide bonds. The maximum Gasteiger partial charge on any atom is 0.265 e. The number of nitrogens with one attached hydrogen (secondary N) is 2. The van der Waals surface area contributed by atoms with Gasteiger partial charge in [0.25, 0.3) is 11.8 Å². The summed E-state index contributed by atoms with van der Waals surface area (Å²) in [6.45, 7) is 2.06. The fourth-order valence-electron chi connectivity index (χ4n) is 1.98. The van der Waals surface area contributed by atoms with Crippen molar-refractivity contribution in [3.05, 3.63) is 65.2 Å². The van der Waals surface area contributed by atoms with E-state index in [0.29, 0.717) is 5.69 Å². The molecule has 2 aromatic rings. The Morgan fingerprint density at radius 1 is 0.952 bits per heavy atom. The molecule has 0 bridgehead atoms. The molecule has 0 saturated heterocycles. The topological polar surface area (TPSA) is 84.2 Å². The van der Waals surface area contributed by atoms with Crippen LogP contribution < -0.4 is 16.6 Å². The van der Waals surface area contributed by atoms with E-state index in [-0.39, 0.29) is 17.0 Å². The smallest absolute Gasteiger partial charge is 0.265 e. The maximum atomic E-state index is 12.3. The fraction of sp³-hybridized carbons (Fsp3) is 0.125. The van der Waals surface area contributed by atoms with E-state index in [1.807, 2.05) is 29.7 Å². The van der Waals surface area contributed by atoms with Crippen LogP contribution in [0.4, 0.5) is 5.69 Å². The van der Waals surface area contributed by atoms with Gasteiger partial charge >= 0.3 is 0 Å². The molecule has 0 aliphatic rings. The first-order chi connectivity index (χ1) is 10.2. The van der Waals surface area contributed by atoms with Crippen molar-refractivity contribution in [2.45, 2.75) is 13.3 Å². The van der Waals surface area contributed by atoms with Crippen LogP contribution in [0.25, 0.3) is 0 Å². The first-order valence-electron chi connectivity index (χ1n) is 6.66. The van der Waals surface area contributed by atoms with Gasteiger partial charge in [-0.2, -0.15) is 0 Å². The van der Waals surface area contributed by atoms with Gasteiger partial charge in [0.15, 0.2) is 0 Å². The van der Waals surface area contributed by atoms with Gasteiger partial charge in [0, 0.05) is 5.69 Å². The normalized spacial score (nSPS) is 10.0. The predicted molar refractivity (Wildman–Crippen MR) is 81.9 cm³/mol. The molecule has 0 atom stereocenters. The van der Waals surface area contributed by atoms with Crippen molar-refractivity contribution < 1.29 is 9.59 Å². The Kier molecular flexibility index (Phi) is 4.68. The molecule has 0 aliphatic carbocycles. The molecule has 5 heteroatoms. The van der Waals surface area contributed by atoms with Crippen LogP contribution in [-0.2, 0) is 6.42 Å². The second-order valence-electron chi connectivity index (χ2n) is 4.52. The molecule has 0 aliphatic heterocycles. The van der Waals surface area contributed by atoms with Gasteiger partial charge in [-0.1, -0.05) is 31.2 Å². The largest absolute Gasteiger partial charge is 0.322 e. The molecule has 21 heavy (non-hydrogen) atoms. The van der Waals surface area contributed by atoms with Gasteiger partial charge in [-0.3, -0.25) is 15.0 Å². The van der Waals surface area contributed by atoms with Crippen molar-refractivity contribution in [2.24, 2.45) is 5.84 Å². The number of carbonyl (C=O) groups excluding carboxylic acids is 2. The predicted octanol–water partition coefficient (Wildman–Crippen LogP) is 2.10. The highest BCUT2D eigenvalue weighted by molar-refractivity contribution is 6.12. The van der Waals surface area contributed by atoms with Crippen molar-refractivity contribution in [1.82, 2.24) is 5.43 Å². The number of carbonyl (C=O) groups is 2. The number of amides is 2. The van der Waals surface area contributed by atoms with Gasteiger partial charge in [-0.15, -0.1) is 0 Å². The molecule has 0 unspecified atom stereocenters. The highest BCUT2D eigenvalue weighted by Crippen LogP contribution is 2.14. The van der Waals surface area contributed by atoms with E-state index in [0.717, 1.165) is 6.42 Å². The van der Waals surface area contributed by atoms with E-state index < -0.39 is 5.91 Å². The second kappa shape index (κ2) is 6.67. The zero-order valence-corrected chi connectivity index (χ0v) is 11.7. The van der Waals surface area contributed by atoms with E-state index in [4.69, 9.17) is 5.84 Å². The van der Waals surface area contributed by atoms with Crippen molar-refractivity contribution in [1.29, 1.82) is 0 Å². The molecular formula is C16H17N3O2. The Labute approximate surface area is 123 Å². The summed E-state index contributed by atoms with van der Waals surface area (Å²) in [5.41, 5.74) is 4.42. The zero-order chi connectivity index (χ0) is 15.2. The first-order valence-corrected chi connectivity index (χ1v) is 6.66. The number of anilines is 1. The lowest BCUT2D eigenvalue weighted by molar-refractivity contribution is 0.0940. The van der Waals surface area contributed by atoms with Gasteiger partial charge in [0.2, 0.25) is 0 Å². The van der Waals surface area contributed by atoms with E-state index in [9.17, 15) is 9.59 Å². The molecule has 0 aromatic heterocycles. The summed E-state index contributed by atoms with van der Waals surface area (Å²) in [6, 6.07) is 14.1. The molecule has 0 spiro atoms. The maximum absolute atomic E-state index is 12.3. The monoisotopic (exact) mass is 283 g/mol. The Morgan fingerprint density at radius 3 is 2.05 bits per heavy atom. The van der Waals surface area contributed by atoms with Gasteiger partial charge < -0.3 is 5.32 Å². The fourth-order valence-corrected chi connectivity index (χ4v) is 1.98. The minimum atomic E-state index is -0.498. The van der Waals surface area contributed by atoms with Gasteiger partial charge in [-0.25, -0.2) is 5.84 Å². The highest BCUT2D eigenvalue weighted by Gasteiger charge is 2.15. The lowest BCUT2D eigenvalue weighted by atomic mass is 10.1. The summed E-state index contributed by atoms with van der Waals surface area (Å²) in [4.78, 5) is 23.9. The lowest BCUT2D eigenvalue weighted by Gasteiger charge is -2.09. The van der Waals surface area contributed by atoms with Crippen LogP contribution >= 0.6 is 0 Å². The van der Waals surface area contributed by atoms with E-state index >= 15 is 0 Å². The number of hydrazine groups is 1. The van der Waals surface area contributed by atoms with Crippen LogP contribution in [0.3, 0.4) is 0 Å². The SMILES string of the molecule is CCc1ccc(NC(=O)c2ccccc2C(=O)NN)cc1. The minimum Gasteiger partial charge on any atom is -0.322 e. The van der Waals surface area contributed by atoms with Crippen LogP contribution in [0.5, 0.6) is 0 Å². The minimum absolute atomic E-state index is 0.239. The molecule has 0 radical (unpaired) electrons. The van der Waals surface area contributed by atoms with Gasteiger partial charge in [0.1, 0.15) is 0 Å². The van der Waals surface area contributed by atoms with E-state index in [1.54, 1.807) is 24.3 Å². The number of benzene rings is 2. The van der Waals surface area contributed by atoms with E-state index in [2.05, 4.69) is 12.2 Å². The van der Waals surface area contributed by atoms with Gasteiger partial charge in [-0.05, 0) is 36.2 Å². The third-order valence-electron chi connectivity index (χ3n) is 3.17. The number of hydrogen-bond donors (Lipinski definition) is 3. The lowest BCUT2D eigenvalue weighted by Crippen LogP contribution is -2.31. The van der Waals surface area contributed by atoms with Crippen molar-refractivity contribution in [2.75, 3.05) is 5.32 Å². The summed E-state index contributed by atoms with van der Waals surface area (Å²) >= 11 is 0. The van der Waals surface area contributed by atoms with Crippen LogP contribution in [-0.4, -0.2) is 11.8 Å². The highest BCUT2D eigenvalue weighted by atomic mass is 16.2. The summed E-state index contributed by atoms with van der Waals surface area (Å²) in [5.74, 6) is 4.28.